The number of likely N-dealkylation sites (N-methyl/N-ethyl adjacent to an activating group) is 1. The molecule has 0 radical (unpaired) electrons. The van der Waals surface area contributed by atoms with Gasteiger partial charge in [0.15, 0.2) is 0 Å². The monoisotopic (exact) mass is 321 g/mol. The van der Waals surface area contributed by atoms with Gasteiger partial charge in [-0.2, -0.15) is 0 Å². The third kappa shape index (κ3) is 2.78. The highest BCUT2D eigenvalue weighted by atomic mass is 16.5. The molecular formula is C20H23N3O. The molecule has 0 unspecified atom stereocenters. The van der Waals surface area contributed by atoms with Crippen molar-refractivity contribution in [2.75, 3.05) is 20.2 Å². The van der Waals surface area contributed by atoms with E-state index >= 15 is 0 Å². The van der Waals surface area contributed by atoms with Crippen LogP contribution >= 0.6 is 0 Å². The Morgan fingerprint density at radius 1 is 1.12 bits per heavy atom. The topological polar surface area (TPSA) is 41.2 Å². The van der Waals surface area contributed by atoms with Crippen molar-refractivity contribution in [2.24, 2.45) is 0 Å². The maximum atomic E-state index is 5.85. The fraction of sp³-hybridized carbons (Fsp3) is 0.350. The number of nitrogens with zero attached hydrogens (tertiary/aromatic N) is 2. The molecular weight excluding hydrogens is 298 g/mol. The molecule has 0 bridgehead atoms. The molecule has 24 heavy (non-hydrogen) atoms. The standard InChI is InChI=1S/C20H23N3O/c1-13(2)20-21-17-6-4-15(11-18(17)22-20)14-5-7-19-16(10-14)12-23(3)8-9-24-19/h4-7,10-11,13H,8-9,12H2,1-3H3,(H,21,22). The predicted molar refractivity (Wildman–Crippen MR) is 97.4 cm³/mol. The van der Waals surface area contributed by atoms with Gasteiger partial charge in [-0.3, -0.25) is 4.90 Å². The highest BCUT2D eigenvalue weighted by molar-refractivity contribution is 5.82. The Bertz CT molecular complexity index is 882. The zero-order valence-electron chi connectivity index (χ0n) is 14.5. The molecule has 0 aliphatic carbocycles. The van der Waals surface area contributed by atoms with Crippen LogP contribution in [0.2, 0.25) is 0 Å². The third-order valence-electron chi connectivity index (χ3n) is 4.61. The van der Waals surface area contributed by atoms with Crippen LogP contribution in [0.1, 0.15) is 31.2 Å². The molecule has 1 aromatic heterocycles. The minimum absolute atomic E-state index is 0.404. The summed E-state index contributed by atoms with van der Waals surface area (Å²) in [5, 5.41) is 0. The normalized spacial score (nSPS) is 15.3. The summed E-state index contributed by atoms with van der Waals surface area (Å²) in [7, 11) is 2.13. The van der Waals surface area contributed by atoms with E-state index < -0.39 is 0 Å². The number of imidazole rings is 1. The lowest BCUT2D eigenvalue weighted by Crippen LogP contribution is -2.20. The van der Waals surface area contributed by atoms with Gasteiger partial charge in [-0.05, 0) is 42.4 Å². The van der Waals surface area contributed by atoms with Gasteiger partial charge >= 0.3 is 0 Å². The van der Waals surface area contributed by atoms with E-state index in [0.29, 0.717) is 5.92 Å². The molecule has 124 valence electrons. The van der Waals surface area contributed by atoms with Crippen molar-refractivity contribution >= 4 is 11.0 Å². The minimum atomic E-state index is 0.404. The van der Waals surface area contributed by atoms with Crippen LogP contribution in [-0.4, -0.2) is 35.1 Å². The lowest BCUT2D eigenvalue weighted by molar-refractivity contribution is 0.259. The van der Waals surface area contributed by atoms with Crippen LogP contribution in [0.25, 0.3) is 22.2 Å². The smallest absolute Gasteiger partial charge is 0.123 e. The van der Waals surface area contributed by atoms with Gasteiger partial charge in [0.2, 0.25) is 0 Å². The first-order valence-electron chi connectivity index (χ1n) is 8.54. The van der Waals surface area contributed by atoms with E-state index in [0.717, 1.165) is 42.3 Å². The van der Waals surface area contributed by atoms with Crippen molar-refractivity contribution in [3.8, 4) is 16.9 Å². The summed E-state index contributed by atoms with van der Waals surface area (Å²) >= 11 is 0. The number of benzene rings is 2. The first-order chi connectivity index (χ1) is 11.6. The number of nitrogens with one attached hydrogen (secondary N) is 1. The van der Waals surface area contributed by atoms with Crippen LogP contribution in [0, 0.1) is 0 Å². The van der Waals surface area contributed by atoms with Gasteiger partial charge in [0.05, 0.1) is 11.0 Å². The Morgan fingerprint density at radius 3 is 2.75 bits per heavy atom. The van der Waals surface area contributed by atoms with E-state index in [1.807, 2.05) is 0 Å². The van der Waals surface area contributed by atoms with Gasteiger partial charge in [0, 0.05) is 24.6 Å². The highest BCUT2D eigenvalue weighted by Gasteiger charge is 2.14. The molecule has 0 atom stereocenters. The number of fused-ring (bicyclic) bond motifs is 2. The molecule has 4 heteroatoms. The van der Waals surface area contributed by atoms with Crippen LogP contribution in [0.15, 0.2) is 36.4 Å². The highest BCUT2D eigenvalue weighted by Crippen LogP contribution is 2.30. The van der Waals surface area contributed by atoms with Crippen LogP contribution < -0.4 is 4.74 Å². The first-order valence-corrected chi connectivity index (χ1v) is 8.54. The summed E-state index contributed by atoms with van der Waals surface area (Å²) in [5.41, 5.74) is 5.80. The van der Waals surface area contributed by atoms with Crippen LogP contribution in [0.5, 0.6) is 5.75 Å². The van der Waals surface area contributed by atoms with Gasteiger partial charge in [0.1, 0.15) is 18.2 Å². The number of rotatable bonds is 2. The second kappa shape index (κ2) is 5.95. The van der Waals surface area contributed by atoms with Crippen LogP contribution in [-0.2, 0) is 6.54 Å². The molecule has 1 aliphatic rings. The van der Waals surface area contributed by atoms with E-state index in [1.165, 1.54) is 16.7 Å². The van der Waals surface area contributed by atoms with Crippen LogP contribution in [0.3, 0.4) is 0 Å². The van der Waals surface area contributed by atoms with Gasteiger partial charge < -0.3 is 9.72 Å². The van der Waals surface area contributed by atoms with E-state index in [2.05, 4.69) is 72.2 Å². The number of aromatic amines is 1. The summed E-state index contributed by atoms with van der Waals surface area (Å²) in [5.74, 6) is 2.45. The summed E-state index contributed by atoms with van der Waals surface area (Å²) in [6.07, 6.45) is 0. The molecule has 0 amide bonds. The second-order valence-corrected chi connectivity index (χ2v) is 6.92. The molecule has 4 nitrogen and oxygen atoms in total. The van der Waals surface area contributed by atoms with Gasteiger partial charge in [0.25, 0.3) is 0 Å². The Labute approximate surface area is 142 Å². The van der Waals surface area contributed by atoms with Crippen molar-refractivity contribution in [3.05, 3.63) is 47.8 Å². The van der Waals surface area contributed by atoms with Gasteiger partial charge in [-0.25, -0.2) is 4.98 Å². The Kier molecular flexibility index (Phi) is 3.77. The Hall–Kier alpha value is -2.33. The van der Waals surface area contributed by atoms with Crippen molar-refractivity contribution in [1.82, 2.24) is 14.9 Å². The van der Waals surface area contributed by atoms with E-state index in [4.69, 9.17) is 4.74 Å². The second-order valence-electron chi connectivity index (χ2n) is 6.92. The predicted octanol–water partition coefficient (Wildman–Crippen LogP) is 4.18. The zero-order valence-corrected chi connectivity index (χ0v) is 14.5. The third-order valence-corrected chi connectivity index (χ3v) is 4.61. The molecule has 0 saturated heterocycles. The molecule has 1 N–H and O–H groups in total. The minimum Gasteiger partial charge on any atom is -0.492 e. The number of ether oxygens (including phenoxy) is 1. The molecule has 0 fully saturated rings. The summed E-state index contributed by atoms with van der Waals surface area (Å²) < 4.78 is 5.85. The molecule has 0 spiro atoms. The lowest BCUT2D eigenvalue weighted by Gasteiger charge is -2.12. The molecule has 4 rings (SSSR count). The van der Waals surface area contributed by atoms with E-state index in [9.17, 15) is 0 Å². The summed E-state index contributed by atoms with van der Waals surface area (Å²) in [4.78, 5) is 10.4. The van der Waals surface area contributed by atoms with Gasteiger partial charge in [-0.15, -0.1) is 0 Å². The van der Waals surface area contributed by atoms with E-state index in [-0.39, 0.29) is 0 Å². The number of aromatic nitrogens is 2. The average molecular weight is 321 g/mol. The molecule has 3 aromatic rings. The maximum absolute atomic E-state index is 5.85. The average Bonchev–Trinajstić information content (AvgIpc) is 2.90. The number of hydrogen-bond donors (Lipinski definition) is 1. The fourth-order valence-corrected chi connectivity index (χ4v) is 3.19. The number of hydrogen-bond acceptors (Lipinski definition) is 3. The van der Waals surface area contributed by atoms with Crippen molar-refractivity contribution in [3.63, 3.8) is 0 Å². The largest absolute Gasteiger partial charge is 0.492 e. The van der Waals surface area contributed by atoms with Crippen molar-refractivity contribution in [1.29, 1.82) is 0 Å². The molecule has 2 heterocycles. The summed E-state index contributed by atoms with van der Waals surface area (Å²) in [6, 6.07) is 12.9. The quantitative estimate of drug-likeness (QED) is 0.770. The Balaban J connectivity index is 1.74. The van der Waals surface area contributed by atoms with Crippen molar-refractivity contribution in [2.45, 2.75) is 26.3 Å². The fourth-order valence-electron chi connectivity index (χ4n) is 3.19. The molecule has 2 aromatic carbocycles. The molecule has 0 saturated carbocycles. The summed E-state index contributed by atoms with van der Waals surface area (Å²) in [6.45, 7) is 6.94. The maximum Gasteiger partial charge on any atom is 0.123 e. The van der Waals surface area contributed by atoms with Gasteiger partial charge in [-0.1, -0.05) is 26.0 Å². The van der Waals surface area contributed by atoms with Crippen LogP contribution in [0.4, 0.5) is 0 Å². The van der Waals surface area contributed by atoms with Crippen molar-refractivity contribution < 1.29 is 4.74 Å². The zero-order chi connectivity index (χ0) is 16.7. The first kappa shape index (κ1) is 15.2. The number of H-pyrrole nitrogens is 1. The molecule has 1 aliphatic heterocycles. The Morgan fingerprint density at radius 2 is 1.92 bits per heavy atom. The SMILES string of the molecule is CC(C)c1nc2ccc(-c3ccc4c(c3)CN(C)CCO4)cc2[nH]1. The lowest BCUT2D eigenvalue weighted by atomic mass is 10.0. The van der Waals surface area contributed by atoms with E-state index in [1.54, 1.807) is 0 Å².